The number of amides is 1. The minimum atomic E-state index is -0.0204. The lowest BCUT2D eigenvalue weighted by molar-refractivity contribution is 0.0712. The average molecular weight is 233 g/mol. The highest BCUT2D eigenvalue weighted by Crippen LogP contribution is 2.15. The average Bonchev–Trinajstić information content (AvgIpc) is 2.83. The lowest BCUT2D eigenvalue weighted by atomic mass is 10.1. The van der Waals surface area contributed by atoms with E-state index in [1.807, 2.05) is 38.1 Å². The Bertz CT molecular complexity index is 380. The van der Waals surface area contributed by atoms with E-state index >= 15 is 0 Å². The van der Waals surface area contributed by atoms with E-state index in [1.54, 1.807) is 0 Å². The summed E-state index contributed by atoms with van der Waals surface area (Å²) in [7, 11) is 0. The molecule has 0 unspecified atom stereocenters. The molecule has 92 valence electrons. The molecule has 0 aliphatic carbocycles. The van der Waals surface area contributed by atoms with Gasteiger partial charge in [0.15, 0.2) is 0 Å². The maximum absolute atomic E-state index is 12.0. The number of aryl methyl sites for hydroxylation is 1. The molecule has 0 saturated carbocycles. The minimum absolute atomic E-state index is 0.0204. The van der Waals surface area contributed by atoms with E-state index in [2.05, 4.69) is 5.32 Å². The standard InChI is InChI=1S/C14H19NO2/c1-10-5-7-12(8-6-10)14(16)15-11(2)13-4-3-9-17-13/h5-8,11,13H,3-4,9H2,1-2H3,(H,15,16)/t11-,13-/m0/s1. The topological polar surface area (TPSA) is 38.3 Å². The van der Waals surface area contributed by atoms with Gasteiger partial charge >= 0.3 is 0 Å². The van der Waals surface area contributed by atoms with Crippen molar-refractivity contribution >= 4 is 5.91 Å². The Hall–Kier alpha value is -1.35. The van der Waals surface area contributed by atoms with Crippen LogP contribution in [0.3, 0.4) is 0 Å². The molecule has 1 saturated heterocycles. The largest absolute Gasteiger partial charge is 0.376 e. The molecular weight excluding hydrogens is 214 g/mol. The third-order valence-corrected chi connectivity index (χ3v) is 3.20. The molecule has 1 heterocycles. The number of benzene rings is 1. The fraction of sp³-hybridized carbons (Fsp3) is 0.500. The van der Waals surface area contributed by atoms with Crippen LogP contribution in [0.4, 0.5) is 0 Å². The zero-order valence-electron chi connectivity index (χ0n) is 10.4. The molecule has 2 rings (SSSR count). The van der Waals surface area contributed by atoms with Crippen LogP contribution in [-0.4, -0.2) is 24.7 Å². The van der Waals surface area contributed by atoms with Crippen LogP contribution in [0.5, 0.6) is 0 Å². The summed E-state index contributed by atoms with van der Waals surface area (Å²) in [4.78, 5) is 12.0. The maximum Gasteiger partial charge on any atom is 0.251 e. The van der Waals surface area contributed by atoms with E-state index in [0.29, 0.717) is 5.56 Å². The van der Waals surface area contributed by atoms with Gasteiger partial charge < -0.3 is 10.1 Å². The third-order valence-electron chi connectivity index (χ3n) is 3.20. The van der Waals surface area contributed by atoms with Crippen LogP contribution in [0, 0.1) is 6.92 Å². The molecule has 1 amide bonds. The number of nitrogens with one attached hydrogen (secondary N) is 1. The summed E-state index contributed by atoms with van der Waals surface area (Å²) in [5, 5.41) is 2.99. The maximum atomic E-state index is 12.0. The number of carbonyl (C=O) groups is 1. The number of hydrogen-bond acceptors (Lipinski definition) is 2. The van der Waals surface area contributed by atoms with Gasteiger partial charge in [-0.1, -0.05) is 17.7 Å². The van der Waals surface area contributed by atoms with Crippen LogP contribution in [0.15, 0.2) is 24.3 Å². The van der Waals surface area contributed by atoms with E-state index in [9.17, 15) is 4.79 Å². The second kappa shape index (κ2) is 5.32. The van der Waals surface area contributed by atoms with Crippen molar-refractivity contribution in [2.75, 3.05) is 6.61 Å². The molecule has 0 aromatic heterocycles. The lowest BCUT2D eigenvalue weighted by Gasteiger charge is -2.20. The fourth-order valence-corrected chi connectivity index (χ4v) is 2.08. The quantitative estimate of drug-likeness (QED) is 0.870. The molecule has 3 nitrogen and oxygen atoms in total. The summed E-state index contributed by atoms with van der Waals surface area (Å²) in [6.45, 7) is 4.83. The number of ether oxygens (including phenoxy) is 1. The molecule has 3 heteroatoms. The Labute approximate surface area is 102 Å². The number of carbonyl (C=O) groups excluding carboxylic acids is 1. The van der Waals surface area contributed by atoms with Crippen LogP contribution in [0.25, 0.3) is 0 Å². The molecular formula is C14H19NO2. The minimum Gasteiger partial charge on any atom is -0.376 e. The predicted octanol–water partition coefficient (Wildman–Crippen LogP) is 2.29. The zero-order valence-corrected chi connectivity index (χ0v) is 10.4. The first-order valence-electron chi connectivity index (χ1n) is 6.16. The van der Waals surface area contributed by atoms with Crippen molar-refractivity contribution in [3.63, 3.8) is 0 Å². The van der Waals surface area contributed by atoms with E-state index in [1.165, 1.54) is 0 Å². The van der Waals surface area contributed by atoms with Crippen LogP contribution in [0.1, 0.15) is 35.7 Å². The van der Waals surface area contributed by atoms with Crippen LogP contribution < -0.4 is 5.32 Å². The first-order valence-corrected chi connectivity index (χ1v) is 6.16. The Morgan fingerprint density at radius 3 is 2.71 bits per heavy atom. The highest BCUT2D eigenvalue weighted by Gasteiger charge is 2.23. The summed E-state index contributed by atoms with van der Waals surface area (Å²) in [5.74, 6) is -0.0204. The monoisotopic (exact) mass is 233 g/mol. The second-order valence-corrected chi connectivity index (χ2v) is 4.68. The molecule has 1 fully saturated rings. The first-order chi connectivity index (χ1) is 8.16. The fourth-order valence-electron chi connectivity index (χ4n) is 2.08. The molecule has 0 radical (unpaired) electrons. The number of rotatable bonds is 3. The van der Waals surface area contributed by atoms with Gasteiger partial charge in [-0.15, -0.1) is 0 Å². The van der Waals surface area contributed by atoms with Gasteiger partial charge in [0, 0.05) is 12.2 Å². The number of hydrogen-bond donors (Lipinski definition) is 1. The van der Waals surface area contributed by atoms with Gasteiger partial charge in [-0.3, -0.25) is 4.79 Å². The zero-order chi connectivity index (χ0) is 12.3. The van der Waals surface area contributed by atoms with Gasteiger partial charge in [-0.05, 0) is 38.8 Å². The molecule has 0 spiro atoms. The highest BCUT2D eigenvalue weighted by atomic mass is 16.5. The van der Waals surface area contributed by atoms with Crippen molar-refractivity contribution in [2.45, 2.75) is 38.8 Å². The molecule has 2 atom stereocenters. The summed E-state index contributed by atoms with van der Waals surface area (Å²) < 4.78 is 5.56. The predicted molar refractivity (Wildman–Crippen MR) is 67.1 cm³/mol. The summed E-state index contributed by atoms with van der Waals surface area (Å²) in [6.07, 6.45) is 2.30. The molecule has 1 N–H and O–H groups in total. The van der Waals surface area contributed by atoms with Crippen molar-refractivity contribution in [3.8, 4) is 0 Å². The van der Waals surface area contributed by atoms with Crippen molar-refractivity contribution in [3.05, 3.63) is 35.4 Å². The van der Waals surface area contributed by atoms with E-state index in [0.717, 1.165) is 25.0 Å². The molecule has 17 heavy (non-hydrogen) atoms. The van der Waals surface area contributed by atoms with Gasteiger partial charge in [-0.2, -0.15) is 0 Å². The Balaban J connectivity index is 1.94. The van der Waals surface area contributed by atoms with Crippen LogP contribution in [0.2, 0.25) is 0 Å². The lowest BCUT2D eigenvalue weighted by Crippen LogP contribution is -2.40. The van der Waals surface area contributed by atoms with Gasteiger partial charge in [0.1, 0.15) is 0 Å². The Kier molecular flexibility index (Phi) is 3.79. The van der Waals surface area contributed by atoms with Crippen LogP contribution >= 0.6 is 0 Å². The molecule has 1 aromatic carbocycles. The summed E-state index contributed by atoms with van der Waals surface area (Å²) in [5.41, 5.74) is 1.87. The Morgan fingerprint density at radius 1 is 1.41 bits per heavy atom. The van der Waals surface area contributed by atoms with Gasteiger partial charge in [0.05, 0.1) is 12.1 Å². The first kappa shape index (κ1) is 12.1. The van der Waals surface area contributed by atoms with E-state index < -0.39 is 0 Å². The molecule has 1 aromatic rings. The van der Waals surface area contributed by atoms with Crippen molar-refractivity contribution < 1.29 is 9.53 Å². The van der Waals surface area contributed by atoms with Gasteiger partial charge in [0.2, 0.25) is 0 Å². The summed E-state index contributed by atoms with van der Waals surface area (Å²) in [6, 6.07) is 7.68. The van der Waals surface area contributed by atoms with E-state index in [-0.39, 0.29) is 18.1 Å². The van der Waals surface area contributed by atoms with Crippen molar-refractivity contribution in [1.82, 2.24) is 5.32 Å². The SMILES string of the molecule is Cc1ccc(C(=O)N[C@@H](C)[C@@H]2CCCO2)cc1. The second-order valence-electron chi connectivity index (χ2n) is 4.68. The van der Waals surface area contributed by atoms with Gasteiger partial charge in [0.25, 0.3) is 5.91 Å². The normalized spacial score (nSPS) is 21.2. The van der Waals surface area contributed by atoms with Crippen LogP contribution in [-0.2, 0) is 4.74 Å². The Morgan fingerprint density at radius 2 is 2.12 bits per heavy atom. The smallest absolute Gasteiger partial charge is 0.251 e. The summed E-state index contributed by atoms with van der Waals surface area (Å²) >= 11 is 0. The van der Waals surface area contributed by atoms with Crippen molar-refractivity contribution in [2.24, 2.45) is 0 Å². The van der Waals surface area contributed by atoms with E-state index in [4.69, 9.17) is 4.74 Å². The molecule has 1 aliphatic rings. The highest BCUT2D eigenvalue weighted by molar-refractivity contribution is 5.94. The van der Waals surface area contributed by atoms with Crippen molar-refractivity contribution in [1.29, 1.82) is 0 Å². The third kappa shape index (κ3) is 3.07. The van der Waals surface area contributed by atoms with Gasteiger partial charge in [-0.25, -0.2) is 0 Å². The molecule has 0 bridgehead atoms. The molecule has 1 aliphatic heterocycles.